The maximum Gasteiger partial charge on any atom is 0.264 e. The summed E-state index contributed by atoms with van der Waals surface area (Å²) in [6.45, 7) is 3.79. The number of H-pyrrole nitrogens is 1. The molecule has 33 heavy (non-hydrogen) atoms. The van der Waals surface area contributed by atoms with Crippen molar-refractivity contribution in [1.82, 2.24) is 24.4 Å². The average Bonchev–Trinajstić information content (AvgIpc) is 3.51. The summed E-state index contributed by atoms with van der Waals surface area (Å²) in [6, 6.07) is 22.3. The molecule has 170 valence electrons. The van der Waals surface area contributed by atoms with Crippen LogP contribution in [0.4, 0.5) is 0 Å². The molecule has 0 saturated carbocycles. The minimum absolute atomic E-state index is 0.0804. The molecule has 0 spiro atoms. The summed E-state index contributed by atoms with van der Waals surface area (Å²) in [6.07, 6.45) is 1.48. The summed E-state index contributed by atoms with van der Waals surface area (Å²) in [5.41, 5.74) is 2.89. The van der Waals surface area contributed by atoms with Crippen molar-refractivity contribution in [3.05, 3.63) is 89.9 Å². The predicted octanol–water partition coefficient (Wildman–Crippen LogP) is 3.47. The number of hydrogen-bond acceptors (Lipinski definition) is 6. The van der Waals surface area contributed by atoms with E-state index in [0.29, 0.717) is 37.8 Å². The Morgan fingerprint density at radius 1 is 0.909 bits per heavy atom. The van der Waals surface area contributed by atoms with E-state index in [-0.39, 0.29) is 16.8 Å². The molecular weight excluding hydrogens is 438 g/mol. The van der Waals surface area contributed by atoms with Crippen molar-refractivity contribution in [2.75, 3.05) is 26.2 Å². The number of benzene rings is 2. The van der Waals surface area contributed by atoms with Gasteiger partial charge in [0.05, 0.1) is 6.04 Å². The van der Waals surface area contributed by atoms with E-state index in [1.54, 1.807) is 17.3 Å². The van der Waals surface area contributed by atoms with Gasteiger partial charge in [0, 0.05) is 39.3 Å². The Kier molecular flexibility index (Phi) is 5.84. The van der Waals surface area contributed by atoms with Crippen LogP contribution in [-0.4, -0.2) is 59.0 Å². The molecule has 0 amide bonds. The second kappa shape index (κ2) is 8.93. The molecule has 1 aliphatic heterocycles. The van der Waals surface area contributed by atoms with Crippen LogP contribution in [0, 0.1) is 6.92 Å². The van der Waals surface area contributed by atoms with E-state index in [2.05, 4.69) is 44.3 Å². The fraction of sp³-hybridized carbons (Fsp3) is 0.250. The van der Waals surface area contributed by atoms with Gasteiger partial charge in [-0.3, -0.25) is 4.90 Å². The van der Waals surface area contributed by atoms with E-state index in [9.17, 15) is 8.42 Å². The van der Waals surface area contributed by atoms with Crippen LogP contribution in [0.3, 0.4) is 0 Å². The maximum absolute atomic E-state index is 13.3. The molecular formula is C24H25N5O3S. The van der Waals surface area contributed by atoms with Crippen LogP contribution in [0.25, 0.3) is 11.6 Å². The van der Waals surface area contributed by atoms with E-state index >= 15 is 0 Å². The van der Waals surface area contributed by atoms with Gasteiger partial charge < -0.3 is 9.40 Å². The fourth-order valence-corrected chi connectivity index (χ4v) is 5.71. The zero-order valence-corrected chi connectivity index (χ0v) is 19.1. The lowest BCUT2D eigenvalue weighted by Gasteiger charge is -2.39. The first-order chi connectivity index (χ1) is 16.0. The quantitative estimate of drug-likeness (QED) is 0.470. The fourth-order valence-electron chi connectivity index (χ4n) is 4.29. The Balaban J connectivity index is 1.34. The molecule has 1 aliphatic rings. The van der Waals surface area contributed by atoms with Crippen molar-refractivity contribution in [3.63, 3.8) is 0 Å². The number of nitrogens with zero attached hydrogens (tertiary/aromatic N) is 4. The van der Waals surface area contributed by atoms with Crippen LogP contribution in [0.5, 0.6) is 0 Å². The monoisotopic (exact) mass is 463 g/mol. The standard InChI is InChI=1S/C24H25N5O3S/c1-18-26-27-24(32-18)22-16-21(17-25-22)33(30,31)29-14-12-28(13-15-29)23(19-8-4-2-5-9-19)20-10-6-3-7-11-20/h2-11,16-17,23,25H,12-15H2,1H3. The summed E-state index contributed by atoms with van der Waals surface area (Å²) in [5, 5.41) is 7.74. The lowest BCUT2D eigenvalue weighted by Crippen LogP contribution is -2.49. The van der Waals surface area contributed by atoms with Crippen LogP contribution in [0.1, 0.15) is 23.1 Å². The zero-order valence-electron chi connectivity index (χ0n) is 18.3. The number of sulfonamides is 1. The van der Waals surface area contributed by atoms with Crippen LogP contribution in [0.2, 0.25) is 0 Å². The Hall–Kier alpha value is -3.27. The number of aryl methyl sites for hydroxylation is 1. The van der Waals surface area contributed by atoms with Gasteiger partial charge in [0.2, 0.25) is 15.9 Å². The Labute approximate surface area is 192 Å². The topological polar surface area (TPSA) is 95.3 Å². The molecule has 8 nitrogen and oxygen atoms in total. The number of piperazine rings is 1. The van der Waals surface area contributed by atoms with Crippen LogP contribution < -0.4 is 0 Å². The van der Waals surface area contributed by atoms with Gasteiger partial charge in [-0.2, -0.15) is 4.31 Å². The van der Waals surface area contributed by atoms with E-state index < -0.39 is 10.0 Å². The normalized spacial score (nSPS) is 15.8. The number of aromatic nitrogens is 3. The van der Waals surface area contributed by atoms with Crippen molar-refractivity contribution in [1.29, 1.82) is 0 Å². The van der Waals surface area contributed by atoms with Crippen molar-refractivity contribution in [3.8, 4) is 11.6 Å². The smallest absolute Gasteiger partial charge is 0.264 e. The lowest BCUT2D eigenvalue weighted by molar-refractivity contribution is 0.156. The first kappa shape index (κ1) is 21.6. The summed E-state index contributed by atoms with van der Waals surface area (Å²) < 4.78 is 33.5. The highest BCUT2D eigenvalue weighted by Gasteiger charge is 2.33. The van der Waals surface area contributed by atoms with Gasteiger partial charge in [-0.25, -0.2) is 8.42 Å². The van der Waals surface area contributed by atoms with Gasteiger partial charge in [-0.1, -0.05) is 60.7 Å². The number of rotatable bonds is 6. The Morgan fingerprint density at radius 2 is 1.52 bits per heavy atom. The lowest BCUT2D eigenvalue weighted by atomic mass is 9.96. The van der Waals surface area contributed by atoms with Gasteiger partial charge >= 0.3 is 0 Å². The predicted molar refractivity (Wildman–Crippen MR) is 124 cm³/mol. The third-order valence-electron chi connectivity index (χ3n) is 5.92. The van der Waals surface area contributed by atoms with Crippen molar-refractivity contribution < 1.29 is 12.8 Å². The molecule has 0 atom stereocenters. The van der Waals surface area contributed by atoms with Crippen LogP contribution >= 0.6 is 0 Å². The summed E-state index contributed by atoms with van der Waals surface area (Å²) in [7, 11) is -3.64. The molecule has 0 radical (unpaired) electrons. The van der Waals surface area contributed by atoms with Gasteiger partial charge in [0.1, 0.15) is 10.6 Å². The molecule has 1 N–H and O–H groups in total. The largest absolute Gasteiger partial charge is 0.420 e. The molecule has 9 heteroatoms. The maximum atomic E-state index is 13.3. The molecule has 0 aliphatic carbocycles. The molecule has 2 aromatic heterocycles. The molecule has 3 heterocycles. The van der Waals surface area contributed by atoms with E-state index in [0.717, 1.165) is 0 Å². The van der Waals surface area contributed by atoms with E-state index in [4.69, 9.17) is 4.42 Å². The molecule has 5 rings (SSSR count). The molecule has 0 unspecified atom stereocenters. The molecule has 1 fully saturated rings. The number of hydrogen-bond donors (Lipinski definition) is 1. The molecule has 0 bridgehead atoms. The molecule has 4 aromatic rings. The SMILES string of the molecule is Cc1nnc(-c2cc(S(=O)(=O)N3CCN(C(c4ccccc4)c4ccccc4)CC3)c[nH]2)o1. The zero-order chi connectivity index (χ0) is 22.8. The van der Waals surface area contributed by atoms with E-state index in [1.807, 2.05) is 36.4 Å². The molecule has 2 aromatic carbocycles. The third kappa shape index (κ3) is 4.35. The second-order valence-corrected chi connectivity index (χ2v) is 9.98. The van der Waals surface area contributed by atoms with Gasteiger partial charge in [0.15, 0.2) is 0 Å². The van der Waals surface area contributed by atoms with Crippen molar-refractivity contribution >= 4 is 10.0 Å². The summed E-state index contributed by atoms with van der Waals surface area (Å²) in [4.78, 5) is 5.48. The summed E-state index contributed by atoms with van der Waals surface area (Å²) >= 11 is 0. The summed E-state index contributed by atoms with van der Waals surface area (Å²) in [5.74, 6) is 0.693. The van der Waals surface area contributed by atoms with Crippen LogP contribution in [0.15, 0.2) is 82.2 Å². The number of aromatic amines is 1. The van der Waals surface area contributed by atoms with E-state index in [1.165, 1.54) is 17.3 Å². The van der Waals surface area contributed by atoms with Crippen molar-refractivity contribution in [2.45, 2.75) is 17.9 Å². The number of nitrogens with one attached hydrogen (secondary N) is 1. The van der Waals surface area contributed by atoms with Gasteiger partial charge in [-0.05, 0) is 17.2 Å². The third-order valence-corrected chi connectivity index (χ3v) is 7.80. The Bertz CT molecular complexity index is 1270. The average molecular weight is 464 g/mol. The van der Waals surface area contributed by atoms with Crippen molar-refractivity contribution in [2.24, 2.45) is 0 Å². The molecule has 1 saturated heterocycles. The van der Waals surface area contributed by atoms with Gasteiger partial charge in [-0.15, -0.1) is 10.2 Å². The minimum Gasteiger partial charge on any atom is -0.420 e. The first-order valence-corrected chi connectivity index (χ1v) is 12.3. The Morgan fingerprint density at radius 3 is 2.06 bits per heavy atom. The highest BCUT2D eigenvalue weighted by Crippen LogP contribution is 2.31. The van der Waals surface area contributed by atoms with Gasteiger partial charge in [0.25, 0.3) is 5.89 Å². The highest BCUT2D eigenvalue weighted by molar-refractivity contribution is 7.89. The minimum atomic E-state index is -3.64. The first-order valence-electron chi connectivity index (χ1n) is 10.9. The van der Waals surface area contributed by atoms with Crippen LogP contribution in [-0.2, 0) is 10.0 Å². The second-order valence-electron chi connectivity index (χ2n) is 8.04. The highest BCUT2D eigenvalue weighted by atomic mass is 32.2.